The Morgan fingerprint density at radius 1 is 0.210 bits per heavy atom. The van der Waals surface area contributed by atoms with Crippen LogP contribution in [0.15, 0.2) is 0 Å². The van der Waals surface area contributed by atoms with E-state index in [1.165, 1.54) is 0 Å². The van der Waals surface area contributed by atoms with Gasteiger partial charge in [0.2, 0.25) is 46.0 Å². The minimum atomic E-state index is -1.80. The van der Waals surface area contributed by atoms with Gasteiger partial charge in [0.05, 0.1) is 32.7 Å². The van der Waals surface area contributed by atoms with E-state index in [4.69, 9.17) is 15.7 Å². The second-order valence-electron chi connectivity index (χ2n) is 13.5. The molecule has 0 atom stereocenters. The molecule has 4 radical (unpaired) electrons. The van der Waals surface area contributed by atoms with Crippen LogP contribution in [0.1, 0.15) is 0 Å². The number of phenols is 22. The van der Waals surface area contributed by atoms with E-state index in [9.17, 15) is 112 Å². The van der Waals surface area contributed by atoms with Gasteiger partial charge >= 0.3 is 0 Å². The Morgan fingerprint density at radius 2 is 0.435 bits per heavy atom. The average molecular weight is 856 g/mol. The summed E-state index contributed by atoms with van der Waals surface area (Å²) in [5.74, 6) is -34.7. The molecule has 22 N–H and O–H groups in total. The molecule has 0 aliphatic carbocycles. The molecule has 314 valence electrons. The van der Waals surface area contributed by atoms with E-state index >= 15 is 0 Å². The Morgan fingerprint density at radius 3 is 0.806 bits per heavy atom. The van der Waals surface area contributed by atoms with Crippen LogP contribution in [0.4, 0.5) is 0 Å². The number of phenolic OH excluding ortho intramolecular Hbond substituents is 22. The van der Waals surface area contributed by atoms with Crippen LogP contribution >= 0.6 is 0 Å². The van der Waals surface area contributed by atoms with Crippen molar-refractivity contribution in [3.63, 3.8) is 0 Å². The quantitative estimate of drug-likeness (QED) is 0.0659. The van der Waals surface area contributed by atoms with Crippen molar-refractivity contribution in [1.29, 1.82) is 0 Å². The maximum Gasteiger partial charge on any atom is 0.206 e. The predicted molar refractivity (Wildman–Crippen MR) is 208 cm³/mol. The summed E-state index contributed by atoms with van der Waals surface area (Å²) in [7, 11) is 11.7. The van der Waals surface area contributed by atoms with Crippen LogP contribution in [0.3, 0.4) is 0 Å². The highest BCUT2D eigenvalue weighted by Gasteiger charge is 2.40. The Kier molecular flexibility index (Phi) is 7.70. The summed E-state index contributed by atoms with van der Waals surface area (Å²) in [6.07, 6.45) is 0. The first-order valence-corrected chi connectivity index (χ1v) is 16.6. The first-order valence-electron chi connectivity index (χ1n) is 16.6. The van der Waals surface area contributed by atoms with E-state index in [1.807, 2.05) is 0 Å². The van der Waals surface area contributed by atoms with Crippen molar-refractivity contribution in [2.75, 3.05) is 0 Å². The average Bonchev–Trinajstić information content (AvgIpc) is 3.79. The standard InChI is InChI=1S/C36H22B2N2O22/c37-7-21(47)9-1(15(41)23(7)49)3-11(25(51)33(59)29(55)17(3)43)39(9)12-4(18(44)30(56)34(60)26(12)52)2-10(22(48)8(38)24(50)16(2)42)40-13-5(19(45)31(57)35(61)27(13)53)6-14(40)28(54)36(62)32(58)20(6)46/h41-62H. The Balaban J connectivity index is 1.76. The van der Waals surface area contributed by atoms with Gasteiger partial charge in [-0.1, -0.05) is 0 Å². The van der Waals surface area contributed by atoms with Gasteiger partial charge in [-0.25, -0.2) is 0 Å². The molecule has 62 heavy (non-hydrogen) atoms. The summed E-state index contributed by atoms with van der Waals surface area (Å²) in [5, 5.41) is 240. The Labute approximate surface area is 340 Å². The predicted octanol–water partition coefficient (Wildman–Crippen LogP) is 0.659. The van der Waals surface area contributed by atoms with Crippen molar-refractivity contribution in [3.8, 4) is 149 Å². The third kappa shape index (κ3) is 4.29. The van der Waals surface area contributed by atoms with Crippen molar-refractivity contribution in [2.24, 2.45) is 0 Å². The van der Waals surface area contributed by atoms with Crippen LogP contribution in [0.2, 0.25) is 0 Å². The molecule has 6 aromatic carbocycles. The third-order valence-electron chi connectivity index (χ3n) is 10.4. The molecule has 0 fully saturated rings. The number of hydrogen-bond donors (Lipinski definition) is 22. The van der Waals surface area contributed by atoms with Crippen molar-refractivity contribution in [1.82, 2.24) is 9.13 Å². The highest BCUT2D eigenvalue weighted by Crippen LogP contribution is 2.64. The summed E-state index contributed by atoms with van der Waals surface area (Å²) in [6.45, 7) is 0. The monoisotopic (exact) mass is 856 g/mol. The molecule has 8 aromatic rings. The zero-order valence-corrected chi connectivity index (χ0v) is 29.9. The molecular formula is C36H22B2N2O22. The number of rotatable bonds is 3. The molecule has 0 saturated heterocycles. The number of benzene rings is 6. The number of hydrogen-bond acceptors (Lipinski definition) is 22. The summed E-state index contributed by atoms with van der Waals surface area (Å²) in [4.78, 5) is 0. The van der Waals surface area contributed by atoms with E-state index in [1.54, 1.807) is 0 Å². The van der Waals surface area contributed by atoms with Gasteiger partial charge in [0.15, 0.2) is 69.0 Å². The number of aromatic nitrogens is 2. The van der Waals surface area contributed by atoms with Gasteiger partial charge in [-0.3, -0.25) is 9.13 Å². The lowest BCUT2D eigenvalue weighted by Crippen LogP contribution is -2.12. The lowest BCUT2D eigenvalue weighted by atomic mass is 9.87. The van der Waals surface area contributed by atoms with Crippen molar-refractivity contribution >= 4 is 70.2 Å². The van der Waals surface area contributed by atoms with Gasteiger partial charge in [-0.2, -0.15) is 0 Å². The smallest absolute Gasteiger partial charge is 0.206 e. The van der Waals surface area contributed by atoms with E-state index in [0.717, 1.165) is 0 Å². The summed E-state index contributed by atoms with van der Waals surface area (Å²) in [5.41, 5.74) is -13.1. The van der Waals surface area contributed by atoms with Gasteiger partial charge in [0.25, 0.3) is 0 Å². The van der Waals surface area contributed by atoms with Crippen LogP contribution in [-0.2, 0) is 0 Å². The lowest BCUT2D eigenvalue weighted by molar-refractivity contribution is 0.345. The van der Waals surface area contributed by atoms with Crippen LogP contribution in [0, 0.1) is 0 Å². The molecule has 0 saturated carbocycles. The fourth-order valence-corrected chi connectivity index (χ4v) is 7.57. The maximum absolute atomic E-state index is 11.8. The summed E-state index contributed by atoms with van der Waals surface area (Å²) < 4.78 is 0.336. The SMILES string of the molecule is [B]c1c(O)c(O)c(-c2c(O)c(O)c(O)c(O)c2-n2c3c(O)c([B])c(O)c(O)c3c3c(O)c(O)c(O)c(O)c32)c(-n2c3c(O)c(O)c(O)c(O)c3c3c(O)c(O)c(O)c(O)c32)c1O. The van der Waals surface area contributed by atoms with Crippen LogP contribution < -0.4 is 10.9 Å². The zero-order chi connectivity index (χ0) is 45.9. The molecule has 0 bridgehead atoms. The van der Waals surface area contributed by atoms with Crippen molar-refractivity contribution in [3.05, 3.63) is 0 Å². The molecule has 0 amide bonds. The van der Waals surface area contributed by atoms with E-state index in [-0.39, 0.29) is 9.13 Å². The Hall–Kier alpha value is -9.35. The molecule has 0 aliphatic heterocycles. The van der Waals surface area contributed by atoms with Gasteiger partial charge in [0, 0.05) is 0 Å². The molecule has 8 rings (SSSR count). The van der Waals surface area contributed by atoms with Crippen molar-refractivity contribution < 1.29 is 112 Å². The maximum atomic E-state index is 11.8. The second kappa shape index (κ2) is 12.1. The second-order valence-corrected chi connectivity index (χ2v) is 13.5. The molecule has 2 heterocycles. The zero-order valence-electron chi connectivity index (χ0n) is 29.9. The topological polar surface area (TPSA) is 455 Å². The van der Waals surface area contributed by atoms with Crippen LogP contribution in [0.5, 0.6) is 126 Å². The normalized spacial score (nSPS) is 11.8. The molecule has 24 nitrogen and oxygen atoms in total. The molecule has 0 unspecified atom stereocenters. The molecular weight excluding hydrogens is 834 g/mol. The summed E-state index contributed by atoms with van der Waals surface area (Å²) in [6, 6.07) is 0. The van der Waals surface area contributed by atoms with Gasteiger partial charge in [-0.05, 0) is 10.9 Å². The largest absolute Gasteiger partial charge is 0.506 e. The van der Waals surface area contributed by atoms with E-state index < -0.39 is 204 Å². The van der Waals surface area contributed by atoms with Gasteiger partial charge < -0.3 is 112 Å². The number of fused-ring (bicyclic) bond motifs is 6. The highest BCUT2D eigenvalue weighted by molar-refractivity contribution is 6.40. The molecule has 26 heteroatoms. The minimum absolute atomic E-state index is 0.163. The van der Waals surface area contributed by atoms with E-state index in [0.29, 0.717) is 0 Å². The Bertz CT molecular complexity index is 3080. The third-order valence-corrected chi connectivity index (χ3v) is 10.4. The molecule has 0 aliphatic rings. The minimum Gasteiger partial charge on any atom is -0.506 e. The highest BCUT2D eigenvalue weighted by atomic mass is 16.4. The molecule has 0 spiro atoms. The fraction of sp³-hybridized carbons (Fsp3) is 0. The van der Waals surface area contributed by atoms with Crippen molar-refractivity contribution in [2.45, 2.75) is 0 Å². The number of nitrogens with zero attached hydrogens (tertiary/aromatic N) is 2. The van der Waals surface area contributed by atoms with Gasteiger partial charge in [-0.15, -0.1) is 0 Å². The number of aromatic hydroxyl groups is 22. The fourth-order valence-electron chi connectivity index (χ4n) is 7.57. The lowest BCUT2D eigenvalue weighted by Gasteiger charge is -2.25. The van der Waals surface area contributed by atoms with E-state index in [2.05, 4.69) is 0 Å². The summed E-state index contributed by atoms with van der Waals surface area (Å²) >= 11 is 0. The van der Waals surface area contributed by atoms with Gasteiger partial charge in [0.1, 0.15) is 60.6 Å². The molecule has 2 aromatic heterocycles. The van der Waals surface area contributed by atoms with Crippen LogP contribution in [0.25, 0.3) is 66.1 Å². The first-order chi connectivity index (χ1) is 28.9. The van der Waals surface area contributed by atoms with Crippen LogP contribution in [-0.4, -0.2) is 137 Å². The first kappa shape index (κ1) is 39.5.